The summed E-state index contributed by atoms with van der Waals surface area (Å²) in [7, 11) is 7.81. The van der Waals surface area contributed by atoms with Crippen molar-refractivity contribution in [3.05, 3.63) is 0 Å². The summed E-state index contributed by atoms with van der Waals surface area (Å²) < 4.78 is 0. The molecular formula is C11H22N4S2. The number of piperazine rings is 1. The van der Waals surface area contributed by atoms with Crippen LogP contribution in [0.15, 0.2) is 4.99 Å². The van der Waals surface area contributed by atoms with Gasteiger partial charge in [-0.25, -0.2) is 4.99 Å². The van der Waals surface area contributed by atoms with E-state index in [1.54, 1.807) is 10.8 Å². The van der Waals surface area contributed by atoms with Gasteiger partial charge in [-0.15, -0.1) is 0 Å². The highest BCUT2D eigenvalue weighted by molar-refractivity contribution is 8.82. The quantitative estimate of drug-likeness (QED) is 0.727. The third kappa shape index (κ3) is 3.53. The van der Waals surface area contributed by atoms with Crippen LogP contribution in [0.2, 0.25) is 0 Å². The molecule has 0 spiro atoms. The van der Waals surface area contributed by atoms with Crippen molar-refractivity contribution in [3.8, 4) is 0 Å². The van der Waals surface area contributed by atoms with E-state index in [2.05, 4.69) is 35.7 Å². The minimum atomic E-state index is 0.334. The van der Waals surface area contributed by atoms with E-state index in [4.69, 9.17) is 4.99 Å². The third-order valence-electron chi connectivity index (χ3n) is 3.07. The van der Waals surface area contributed by atoms with Crippen LogP contribution < -0.4 is 0 Å². The van der Waals surface area contributed by atoms with Gasteiger partial charge in [-0.3, -0.25) is 4.90 Å². The van der Waals surface area contributed by atoms with Gasteiger partial charge in [-0.05, 0) is 34.6 Å². The molecule has 0 aromatic heterocycles. The molecule has 0 radical (unpaired) electrons. The van der Waals surface area contributed by atoms with Crippen molar-refractivity contribution in [2.75, 3.05) is 46.8 Å². The highest BCUT2D eigenvalue weighted by atomic mass is 33.1. The Morgan fingerprint density at radius 3 is 2.53 bits per heavy atom. The van der Waals surface area contributed by atoms with Crippen LogP contribution in [-0.2, 0) is 0 Å². The number of amidine groups is 1. The van der Waals surface area contributed by atoms with Crippen LogP contribution in [0.5, 0.6) is 0 Å². The third-order valence-corrected chi connectivity index (χ3v) is 5.62. The van der Waals surface area contributed by atoms with Gasteiger partial charge in [0.1, 0.15) is 0 Å². The number of rotatable bonds is 3. The molecular weight excluding hydrogens is 252 g/mol. The van der Waals surface area contributed by atoms with Crippen LogP contribution in [0.4, 0.5) is 0 Å². The van der Waals surface area contributed by atoms with Gasteiger partial charge in [-0.2, -0.15) is 0 Å². The van der Waals surface area contributed by atoms with Crippen molar-refractivity contribution in [2.45, 2.75) is 18.8 Å². The Morgan fingerprint density at radius 2 is 2.00 bits per heavy atom. The minimum Gasteiger partial charge on any atom is -0.357 e. The Balaban J connectivity index is 1.82. The lowest BCUT2D eigenvalue weighted by Gasteiger charge is -2.35. The number of hydrogen-bond donors (Lipinski definition) is 0. The predicted octanol–water partition coefficient (Wildman–Crippen LogP) is 1.61. The molecule has 1 saturated heterocycles. The lowest BCUT2D eigenvalue weighted by atomic mass is 10.3. The highest BCUT2D eigenvalue weighted by Crippen LogP contribution is 2.38. The molecule has 1 unspecified atom stereocenters. The zero-order valence-corrected chi connectivity index (χ0v) is 12.6. The van der Waals surface area contributed by atoms with Crippen molar-refractivity contribution >= 4 is 26.8 Å². The topological polar surface area (TPSA) is 22.1 Å². The largest absolute Gasteiger partial charge is 0.357 e. The van der Waals surface area contributed by atoms with Crippen molar-refractivity contribution < 1.29 is 0 Å². The Morgan fingerprint density at radius 1 is 1.29 bits per heavy atom. The van der Waals surface area contributed by atoms with E-state index < -0.39 is 0 Å². The standard InChI is InChI=1S/C11H22N4S2/c1-4-5-14-6-8-15(9-7-14)11-12-10(13(2)3)16-17-11/h11H,4-9H2,1-3H3. The fourth-order valence-electron chi connectivity index (χ4n) is 2.08. The molecule has 4 nitrogen and oxygen atoms in total. The van der Waals surface area contributed by atoms with Crippen molar-refractivity contribution in [2.24, 2.45) is 4.99 Å². The Kier molecular flexibility index (Phi) is 5.02. The Labute approximate surface area is 112 Å². The van der Waals surface area contributed by atoms with Crippen LogP contribution in [0, 0.1) is 0 Å². The van der Waals surface area contributed by atoms with E-state index in [1.807, 2.05) is 10.8 Å². The van der Waals surface area contributed by atoms with Crippen molar-refractivity contribution in [1.82, 2.24) is 14.7 Å². The van der Waals surface area contributed by atoms with E-state index in [0.717, 1.165) is 18.3 Å². The van der Waals surface area contributed by atoms with E-state index in [0.29, 0.717) is 5.50 Å². The second kappa shape index (κ2) is 6.31. The maximum Gasteiger partial charge on any atom is 0.172 e. The lowest BCUT2D eigenvalue weighted by Crippen LogP contribution is -2.48. The highest BCUT2D eigenvalue weighted by Gasteiger charge is 2.28. The number of hydrogen-bond acceptors (Lipinski definition) is 6. The van der Waals surface area contributed by atoms with Gasteiger partial charge >= 0.3 is 0 Å². The Hall–Kier alpha value is 0.0900. The predicted molar refractivity (Wildman–Crippen MR) is 78.4 cm³/mol. The maximum absolute atomic E-state index is 4.76. The van der Waals surface area contributed by atoms with Gasteiger partial charge in [0.15, 0.2) is 10.7 Å². The van der Waals surface area contributed by atoms with Crippen molar-refractivity contribution in [1.29, 1.82) is 0 Å². The number of nitrogens with zero attached hydrogens (tertiary/aromatic N) is 4. The first-order valence-electron chi connectivity index (χ1n) is 6.25. The minimum absolute atomic E-state index is 0.334. The summed E-state index contributed by atoms with van der Waals surface area (Å²) in [5.74, 6) is 0. The van der Waals surface area contributed by atoms with Gasteiger partial charge in [0.05, 0.1) is 0 Å². The van der Waals surface area contributed by atoms with Gasteiger partial charge in [-0.1, -0.05) is 6.92 Å². The average molecular weight is 274 g/mol. The average Bonchev–Trinajstić information content (AvgIpc) is 2.80. The second-order valence-electron chi connectivity index (χ2n) is 4.69. The molecule has 2 heterocycles. The summed E-state index contributed by atoms with van der Waals surface area (Å²) in [6, 6.07) is 0. The lowest BCUT2D eigenvalue weighted by molar-refractivity contribution is 0.126. The molecule has 0 amide bonds. The summed E-state index contributed by atoms with van der Waals surface area (Å²) in [4.78, 5) is 11.9. The van der Waals surface area contributed by atoms with Crippen LogP contribution in [0.25, 0.3) is 0 Å². The summed E-state index contributed by atoms with van der Waals surface area (Å²) in [6.07, 6.45) is 1.26. The van der Waals surface area contributed by atoms with E-state index in [-0.39, 0.29) is 0 Å². The molecule has 0 saturated carbocycles. The molecule has 0 aromatic rings. The smallest absolute Gasteiger partial charge is 0.172 e. The molecule has 1 atom stereocenters. The van der Waals surface area contributed by atoms with Crippen molar-refractivity contribution in [3.63, 3.8) is 0 Å². The van der Waals surface area contributed by atoms with E-state index >= 15 is 0 Å². The molecule has 98 valence electrons. The van der Waals surface area contributed by atoms with Crippen LogP contribution in [0.1, 0.15) is 13.3 Å². The fraction of sp³-hybridized carbons (Fsp3) is 0.909. The van der Waals surface area contributed by atoms with Crippen LogP contribution in [-0.4, -0.2) is 72.2 Å². The summed E-state index contributed by atoms with van der Waals surface area (Å²) in [6.45, 7) is 8.20. The van der Waals surface area contributed by atoms with Gasteiger partial charge in [0.2, 0.25) is 0 Å². The van der Waals surface area contributed by atoms with Gasteiger partial charge in [0.25, 0.3) is 0 Å². The molecule has 0 aromatic carbocycles. The summed E-state index contributed by atoms with van der Waals surface area (Å²) in [5, 5.41) is 1.15. The molecule has 17 heavy (non-hydrogen) atoms. The molecule has 1 fully saturated rings. The van der Waals surface area contributed by atoms with E-state index in [1.165, 1.54) is 26.1 Å². The molecule has 2 aliphatic heterocycles. The normalized spacial score (nSPS) is 27.2. The van der Waals surface area contributed by atoms with Crippen LogP contribution >= 0.6 is 21.6 Å². The molecule has 2 rings (SSSR count). The molecule has 2 aliphatic rings. The zero-order chi connectivity index (χ0) is 12.3. The first kappa shape index (κ1) is 13.5. The first-order chi connectivity index (χ1) is 8.20. The molecule has 0 aliphatic carbocycles. The second-order valence-corrected chi connectivity index (χ2v) is 6.91. The maximum atomic E-state index is 4.76. The number of aliphatic imine (C=N–C) groups is 1. The fourth-order valence-corrected chi connectivity index (χ4v) is 4.67. The zero-order valence-electron chi connectivity index (χ0n) is 10.9. The molecule has 0 N–H and O–H groups in total. The monoisotopic (exact) mass is 274 g/mol. The SMILES string of the molecule is CCCN1CCN(C2N=C(N(C)C)SS2)CC1. The van der Waals surface area contributed by atoms with Gasteiger partial charge in [0, 0.05) is 40.3 Å². The Bertz CT molecular complexity index is 275. The van der Waals surface area contributed by atoms with E-state index in [9.17, 15) is 0 Å². The first-order valence-corrected chi connectivity index (χ1v) is 8.47. The summed E-state index contributed by atoms with van der Waals surface area (Å²) in [5.41, 5.74) is 0.334. The van der Waals surface area contributed by atoms with Gasteiger partial charge < -0.3 is 9.80 Å². The molecule has 6 heteroatoms. The summed E-state index contributed by atoms with van der Waals surface area (Å²) >= 11 is 0. The van der Waals surface area contributed by atoms with Crippen LogP contribution in [0.3, 0.4) is 0 Å². The molecule has 0 bridgehead atoms.